The van der Waals surface area contributed by atoms with Gasteiger partial charge in [0.15, 0.2) is 17.2 Å². The van der Waals surface area contributed by atoms with E-state index >= 15 is 0 Å². The lowest BCUT2D eigenvalue weighted by Gasteiger charge is -2.16. The second-order valence-corrected chi connectivity index (χ2v) is 7.68. The van der Waals surface area contributed by atoms with Gasteiger partial charge in [0.05, 0.1) is 18.8 Å². The molecule has 4 nitrogen and oxygen atoms in total. The third-order valence-corrected chi connectivity index (χ3v) is 6.00. The molecule has 2 atom stereocenters. The fourth-order valence-electron chi connectivity index (χ4n) is 4.51. The van der Waals surface area contributed by atoms with Gasteiger partial charge in [-0.05, 0) is 29.0 Å². The van der Waals surface area contributed by atoms with Crippen molar-refractivity contribution in [3.05, 3.63) is 84.8 Å². The normalized spacial score (nSPS) is 21.3. The molecule has 0 saturated heterocycles. The second kappa shape index (κ2) is 6.00. The third kappa shape index (κ3) is 2.36. The maximum atomic E-state index is 6.30. The molecule has 0 spiro atoms. The van der Waals surface area contributed by atoms with Crippen LogP contribution in [0.1, 0.15) is 0 Å². The van der Waals surface area contributed by atoms with Crippen molar-refractivity contribution in [2.75, 3.05) is 19.0 Å². The highest BCUT2D eigenvalue weighted by Gasteiger charge is 2.36. The molecule has 4 heteroatoms. The number of nitrogens with zero attached hydrogens (tertiary/aromatic N) is 1. The van der Waals surface area contributed by atoms with Crippen LogP contribution in [0, 0.1) is 0 Å². The first kappa shape index (κ1) is 16.5. The number of fused-ring (bicyclic) bond motifs is 6. The summed E-state index contributed by atoms with van der Waals surface area (Å²) in [7, 11) is 4.20. The Labute approximate surface area is 169 Å². The van der Waals surface area contributed by atoms with E-state index in [1.807, 2.05) is 6.07 Å². The lowest BCUT2D eigenvalue weighted by molar-refractivity contribution is -0.840. The van der Waals surface area contributed by atoms with E-state index in [9.17, 15) is 0 Å². The molecule has 142 valence electrons. The van der Waals surface area contributed by atoms with Crippen molar-refractivity contribution in [2.45, 2.75) is 6.23 Å². The first-order valence-corrected chi connectivity index (χ1v) is 9.88. The Balaban J connectivity index is 1.39. The molecule has 0 saturated carbocycles. The van der Waals surface area contributed by atoms with Crippen LogP contribution in [0.15, 0.2) is 84.8 Å². The van der Waals surface area contributed by atoms with E-state index in [2.05, 4.69) is 91.8 Å². The van der Waals surface area contributed by atoms with Crippen LogP contribution >= 0.6 is 0 Å². The summed E-state index contributed by atoms with van der Waals surface area (Å²) in [4.78, 5) is 3.33. The fourth-order valence-corrected chi connectivity index (χ4v) is 4.51. The topological polar surface area (TPSA) is 26.1 Å². The van der Waals surface area contributed by atoms with Gasteiger partial charge in [-0.1, -0.05) is 54.6 Å². The molecule has 0 fully saturated rings. The smallest absolute Gasteiger partial charge is 0.262 e. The van der Waals surface area contributed by atoms with Gasteiger partial charge in [-0.2, -0.15) is 0 Å². The van der Waals surface area contributed by atoms with Crippen LogP contribution in [0.5, 0.6) is 11.5 Å². The molecule has 0 amide bonds. The minimum absolute atomic E-state index is 0.145. The molecular formula is C25H21N2O2+. The predicted molar refractivity (Wildman–Crippen MR) is 116 cm³/mol. The molecule has 29 heavy (non-hydrogen) atoms. The molecule has 2 heterocycles. The van der Waals surface area contributed by atoms with E-state index in [1.54, 1.807) is 0 Å². The molecule has 2 aliphatic rings. The SMILES string of the molecule is CN1/C(=C/C2Oc3ccc4ccccc4c3[NH+]2C)Oc2ccc3ccccc3c21. The zero-order valence-electron chi connectivity index (χ0n) is 16.3. The van der Waals surface area contributed by atoms with Crippen LogP contribution < -0.4 is 19.3 Å². The van der Waals surface area contributed by atoms with E-state index in [4.69, 9.17) is 9.47 Å². The van der Waals surface area contributed by atoms with Gasteiger partial charge >= 0.3 is 0 Å². The Hall–Kier alpha value is -3.50. The van der Waals surface area contributed by atoms with E-state index in [1.165, 1.54) is 32.1 Å². The molecule has 2 aliphatic heterocycles. The minimum atomic E-state index is -0.145. The molecule has 0 bridgehead atoms. The minimum Gasteiger partial charge on any atom is -0.439 e. The van der Waals surface area contributed by atoms with Crippen LogP contribution in [0.2, 0.25) is 0 Å². The summed E-state index contributed by atoms with van der Waals surface area (Å²) < 4.78 is 12.5. The maximum Gasteiger partial charge on any atom is 0.262 e. The number of hydrogen-bond donors (Lipinski definition) is 1. The van der Waals surface area contributed by atoms with Crippen molar-refractivity contribution < 1.29 is 14.4 Å². The molecule has 0 aromatic heterocycles. The third-order valence-electron chi connectivity index (χ3n) is 6.00. The summed E-state index contributed by atoms with van der Waals surface area (Å²) in [6.07, 6.45) is 1.94. The van der Waals surface area contributed by atoms with Gasteiger partial charge in [-0.3, -0.25) is 4.90 Å². The first-order valence-electron chi connectivity index (χ1n) is 9.88. The number of quaternary nitrogens is 1. The lowest BCUT2D eigenvalue weighted by atomic mass is 10.1. The molecule has 0 aliphatic carbocycles. The summed E-state index contributed by atoms with van der Waals surface area (Å²) in [5.74, 6) is 2.63. The highest BCUT2D eigenvalue weighted by molar-refractivity contribution is 5.99. The number of anilines is 1. The Kier molecular flexibility index (Phi) is 3.40. The van der Waals surface area contributed by atoms with Crippen LogP contribution in [-0.4, -0.2) is 20.3 Å². The van der Waals surface area contributed by atoms with Crippen molar-refractivity contribution in [3.8, 4) is 11.5 Å². The van der Waals surface area contributed by atoms with Gasteiger partial charge in [-0.15, -0.1) is 0 Å². The Morgan fingerprint density at radius 3 is 2.28 bits per heavy atom. The highest BCUT2D eigenvalue weighted by atomic mass is 16.5. The summed E-state index contributed by atoms with van der Waals surface area (Å²) in [5, 5.41) is 4.87. The second-order valence-electron chi connectivity index (χ2n) is 7.68. The first-order chi connectivity index (χ1) is 14.2. The average molecular weight is 381 g/mol. The highest BCUT2D eigenvalue weighted by Crippen LogP contribution is 2.43. The maximum absolute atomic E-state index is 6.30. The van der Waals surface area contributed by atoms with Crippen molar-refractivity contribution in [1.82, 2.24) is 0 Å². The van der Waals surface area contributed by atoms with Gasteiger partial charge in [0, 0.05) is 17.8 Å². The quantitative estimate of drug-likeness (QED) is 0.534. The van der Waals surface area contributed by atoms with Crippen LogP contribution in [0.25, 0.3) is 21.5 Å². The molecule has 0 radical (unpaired) electrons. The summed E-state index contributed by atoms with van der Waals surface area (Å²) in [6.45, 7) is 0. The van der Waals surface area contributed by atoms with Crippen LogP contribution in [0.3, 0.4) is 0 Å². The zero-order chi connectivity index (χ0) is 19.5. The number of hydrogen-bond acceptors (Lipinski definition) is 3. The van der Waals surface area contributed by atoms with E-state index in [0.717, 1.165) is 23.1 Å². The van der Waals surface area contributed by atoms with Gasteiger partial charge in [0.25, 0.3) is 6.23 Å². The van der Waals surface area contributed by atoms with Gasteiger partial charge in [0.1, 0.15) is 0 Å². The number of rotatable bonds is 1. The lowest BCUT2D eigenvalue weighted by Crippen LogP contribution is -3.07. The van der Waals surface area contributed by atoms with Crippen LogP contribution in [-0.2, 0) is 0 Å². The zero-order valence-corrected chi connectivity index (χ0v) is 16.3. The Bertz CT molecular complexity index is 1310. The average Bonchev–Trinajstić information content (AvgIpc) is 3.25. The Morgan fingerprint density at radius 1 is 0.828 bits per heavy atom. The summed E-state index contributed by atoms with van der Waals surface area (Å²) >= 11 is 0. The van der Waals surface area contributed by atoms with Crippen molar-refractivity contribution >= 4 is 32.9 Å². The van der Waals surface area contributed by atoms with Crippen LogP contribution in [0.4, 0.5) is 11.4 Å². The van der Waals surface area contributed by atoms with Crippen molar-refractivity contribution in [2.24, 2.45) is 0 Å². The molecular weight excluding hydrogens is 360 g/mol. The standard InChI is InChI=1S/C25H20N2O2/c1-26-22(28-20-13-11-16-7-3-5-9-18(16)24(20)26)15-23-27(2)25-19-10-6-4-8-17(19)12-14-21(25)29-23/h3-15,22H,1-2H3/p+1/b23-15-. The predicted octanol–water partition coefficient (Wildman–Crippen LogP) is 4.23. The number of ether oxygens (including phenoxy) is 2. The number of likely N-dealkylation sites (N-methyl/N-ethyl adjacent to an activating group) is 1. The Morgan fingerprint density at radius 2 is 1.48 bits per heavy atom. The summed E-state index contributed by atoms with van der Waals surface area (Å²) in [5.41, 5.74) is 2.31. The molecule has 2 unspecified atom stereocenters. The number of nitrogens with one attached hydrogen (secondary N) is 1. The van der Waals surface area contributed by atoms with E-state index in [0.29, 0.717) is 0 Å². The van der Waals surface area contributed by atoms with E-state index < -0.39 is 0 Å². The monoisotopic (exact) mass is 381 g/mol. The fraction of sp³-hybridized carbons (Fsp3) is 0.120. The van der Waals surface area contributed by atoms with Crippen molar-refractivity contribution in [1.29, 1.82) is 0 Å². The van der Waals surface area contributed by atoms with Crippen molar-refractivity contribution in [3.63, 3.8) is 0 Å². The summed E-state index contributed by atoms with van der Waals surface area (Å²) in [6, 6.07) is 25.2. The molecule has 4 aromatic rings. The largest absolute Gasteiger partial charge is 0.439 e. The van der Waals surface area contributed by atoms with Gasteiger partial charge in [0.2, 0.25) is 5.88 Å². The van der Waals surface area contributed by atoms with E-state index in [-0.39, 0.29) is 6.23 Å². The number of benzene rings is 4. The van der Waals surface area contributed by atoms with Gasteiger partial charge < -0.3 is 14.4 Å². The molecule has 4 aromatic carbocycles. The molecule has 1 N–H and O–H groups in total. The molecule has 6 rings (SSSR count). The van der Waals surface area contributed by atoms with Gasteiger partial charge in [-0.25, -0.2) is 0 Å².